The number of pyridine rings is 1. The Labute approximate surface area is 123 Å². The molecule has 1 unspecified atom stereocenters. The number of nitrogens with zero attached hydrogens (tertiary/aromatic N) is 1. The van der Waals surface area contributed by atoms with Crippen LogP contribution in [0.3, 0.4) is 0 Å². The molecule has 3 nitrogen and oxygen atoms in total. The Morgan fingerprint density at radius 3 is 2.29 bits per heavy atom. The fraction of sp³-hybridized carbons (Fsp3) is 0.167. The van der Waals surface area contributed by atoms with Gasteiger partial charge in [-0.05, 0) is 23.9 Å². The van der Waals surface area contributed by atoms with Crippen molar-refractivity contribution in [1.82, 2.24) is 4.57 Å². The van der Waals surface area contributed by atoms with Gasteiger partial charge in [-0.15, -0.1) is 0 Å². The van der Waals surface area contributed by atoms with Gasteiger partial charge in [0.15, 0.2) is 0 Å². The molecule has 1 aromatic heterocycles. The summed E-state index contributed by atoms with van der Waals surface area (Å²) in [5.41, 5.74) is 2.01. The second-order valence-corrected chi connectivity index (χ2v) is 5.26. The van der Waals surface area contributed by atoms with Crippen LogP contribution < -0.4 is 5.56 Å². The lowest BCUT2D eigenvalue weighted by molar-refractivity contribution is 0.172. The van der Waals surface area contributed by atoms with Crippen LogP contribution in [0.25, 0.3) is 21.9 Å². The van der Waals surface area contributed by atoms with Crippen molar-refractivity contribution >= 4 is 10.8 Å². The summed E-state index contributed by atoms with van der Waals surface area (Å²) in [7, 11) is 0. The van der Waals surface area contributed by atoms with Crippen molar-refractivity contribution in [3.05, 3.63) is 71.1 Å². The Hall–Kier alpha value is -2.39. The minimum atomic E-state index is -0.563. The zero-order valence-electron chi connectivity index (χ0n) is 11.9. The summed E-state index contributed by atoms with van der Waals surface area (Å²) in [6.07, 6.45) is 1.28. The molecule has 0 amide bonds. The molecule has 0 saturated carbocycles. The maximum absolute atomic E-state index is 12.5. The van der Waals surface area contributed by atoms with Crippen molar-refractivity contribution in [3.8, 4) is 11.1 Å². The molecule has 3 rings (SSSR count). The van der Waals surface area contributed by atoms with Gasteiger partial charge in [-0.25, -0.2) is 0 Å². The second-order valence-electron chi connectivity index (χ2n) is 5.26. The number of benzene rings is 2. The Morgan fingerprint density at radius 1 is 1.00 bits per heavy atom. The molecule has 1 N–H and O–H groups in total. The van der Waals surface area contributed by atoms with E-state index in [-0.39, 0.29) is 5.56 Å². The largest absolute Gasteiger partial charge is 0.392 e. The molecule has 0 aliphatic carbocycles. The zero-order valence-corrected chi connectivity index (χ0v) is 11.9. The second kappa shape index (κ2) is 5.54. The fourth-order valence-electron chi connectivity index (χ4n) is 2.61. The van der Waals surface area contributed by atoms with Gasteiger partial charge in [0.1, 0.15) is 0 Å². The normalized spacial score (nSPS) is 12.5. The monoisotopic (exact) mass is 279 g/mol. The molecule has 0 saturated heterocycles. The van der Waals surface area contributed by atoms with Crippen molar-refractivity contribution in [2.24, 2.45) is 0 Å². The lowest BCUT2D eigenvalue weighted by Crippen LogP contribution is -2.25. The molecule has 1 atom stereocenters. The molecule has 0 fully saturated rings. The summed E-state index contributed by atoms with van der Waals surface area (Å²) in [4.78, 5) is 12.5. The molecule has 3 heteroatoms. The average Bonchev–Trinajstić information content (AvgIpc) is 2.51. The summed E-state index contributed by atoms with van der Waals surface area (Å²) < 4.78 is 1.59. The van der Waals surface area contributed by atoms with Crippen LogP contribution in [0.15, 0.2) is 65.6 Å². The molecule has 2 aromatic carbocycles. The number of hydrogen-bond acceptors (Lipinski definition) is 2. The maximum atomic E-state index is 12.5. The van der Waals surface area contributed by atoms with Gasteiger partial charge in [-0.2, -0.15) is 0 Å². The van der Waals surface area contributed by atoms with E-state index < -0.39 is 6.10 Å². The van der Waals surface area contributed by atoms with E-state index in [1.54, 1.807) is 11.5 Å². The first-order chi connectivity index (χ1) is 10.2. The molecule has 1 heterocycles. The minimum Gasteiger partial charge on any atom is -0.392 e. The number of rotatable bonds is 3. The minimum absolute atomic E-state index is 0.0637. The Kier molecular flexibility index (Phi) is 3.59. The first-order valence-electron chi connectivity index (χ1n) is 7.02. The van der Waals surface area contributed by atoms with Gasteiger partial charge in [0.2, 0.25) is 0 Å². The van der Waals surface area contributed by atoms with Gasteiger partial charge in [0.05, 0.1) is 12.6 Å². The van der Waals surface area contributed by atoms with E-state index in [0.717, 1.165) is 16.5 Å². The van der Waals surface area contributed by atoms with Crippen LogP contribution in [0, 0.1) is 0 Å². The third-order valence-electron chi connectivity index (χ3n) is 3.54. The smallest absolute Gasteiger partial charge is 0.258 e. The van der Waals surface area contributed by atoms with Crippen LogP contribution in [0.1, 0.15) is 6.92 Å². The number of aliphatic hydroxyl groups excluding tert-OH is 1. The number of fused-ring (bicyclic) bond motifs is 1. The van der Waals surface area contributed by atoms with E-state index >= 15 is 0 Å². The van der Waals surface area contributed by atoms with E-state index in [0.29, 0.717) is 11.9 Å². The summed E-state index contributed by atoms with van der Waals surface area (Å²) in [6.45, 7) is 1.98. The lowest BCUT2D eigenvalue weighted by atomic mass is 10.0. The third-order valence-corrected chi connectivity index (χ3v) is 3.54. The van der Waals surface area contributed by atoms with Crippen molar-refractivity contribution < 1.29 is 5.11 Å². The number of hydrogen-bond donors (Lipinski definition) is 1. The molecular formula is C18H17NO2. The van der Waals surface area contributed by atoms with Crippen molar-refractivity contribution in [2.75, 3.05) is 0 Å². The fourth-order valence-corrected chi connectivity index (χ4v) is 2.61. The lowest BCUT2D eigenvalue weighted by Gasteiger charge is -2.13. The van der Waals surface area contributed by atoms with Gasteiger partial charge in [0, 0.05) is 17.1 Å². The highest BCUT2D eigenvalue weighted by atomic mass is 16.3. The van der Waals surface area contributed by atoms with Crippen LogP contribution >= 0.6 is 0 Å². The van der Waals surface area contributed by atoms with E-state index in [1.807, 2.05) is 60.8 Å². The Balaban J connectivity index is 2.33. The molecule has 3 aromatic rings. The van der Waals surface area contributed by atoms with E-state index in [2.05, 4.69) is 0 Å². The summed E-state index contributed by atoms with van der Waals surface area (Å²) >= 11 is 0. The van der Waals surface area contributed by atoms with E-state index in [4.69, 9.17) is 0 Å². The highest BCUT2D eigenvalue weighted by molar-refractivity contribution is 5.95. The van der Waals surface area contributed by atoms with Crippen molar-refractivity contribution in [2.45, 2.75) is 19.6 Å². The highest BCUT2D eigenvalue weighted by Crippen LogP contribution is 2.26. The van der Waals surface area contributed by atoms with Gasteiger partial charge in [-0.3, -0.25) is 4.79 Å². The standard InChI is InChI=1S/C18H17NO2/c1-13(20)11-19-12-17(14-7-3-2-4-8-14)15-9-5-6-10-16(15)18(19)21/h2-10,12-13,20H,11H2,1H3. The van der Waals surface area contributed by atoms with E-state index in [1.165, 1.54) is 0 Å². The molecular weight excluding hydrogens is 262 g/mol. The molecule has 0 radical (unpaired) electrons. The first-order valence-corrected chi connectivity index (χ1v) is 7.02. The SMILES string of the molecule is CC(O)Cn1cc(-c2ccccc2)c2ccccc2c1=O. The molecule has 21 heavy (non-hydrogen) atoms. The van der Waals surface area contributed by atoms with Gasteiger partial charge >= 0.3 is 0 Å². The van der Waals surface area contributed by atoms with Crippen molar-refractivity contribution in [3.63, 3.8) is 0 Å². The van der Waals surface area contributed by atoms with Crippen LogP contribution in [0.4, 0.5) is 0 Å². The predicted octanol–water partition coefficient (Wildman–Crippen LogP) is 3.05. The molecule has 106 valence electrons. The Morgan fingerprint density at radius 2 is 1.62 bits per heavy atom. The van der Waals surface area contributed by atoms with Gasteiger partial charge in [0.25, 0.3) is 5.56 Å². The number of aliphatic hydroxyl groups is 1. The molecule has 0 aliphatic heterocycles. The Bertz CT molecular complexity index is 819. The molecule has 0 bridgehead atoms. The topological polar surface area (TPSA) is 42.2 Å². The molecule has 0 aliphatic rings. The van der Waals surface area contributed by atoms with Crippen LogP contribution in [0.2, 0.25) is 0 Å². The average molecular weight is 279 g/mol. The summed E-state index contributed by atoms with van der Waals surface area (Å²) in [5, 5.41) is 11.2. The van der Waals surface area contributed by atoms with Crippen LogP contribution in [0.5, 0.6) is 0 Å². The quantitative estimate of drug-likeness (QED) is 0.800. The van der Waals surface area contributed by atoms with Gasteiger partial charge in [-0.1, -0.05) is 48.5 Å². The summed E-state index contributed by atoms with van der Waals surface area (Å²) in [6, 6.07) is 17.6. The first kappa shape index (κ1) is 13.6. The highest BCUT2D eigenvalue weighted by Gasteiger charge is 2.10. The third kappa shape index (κ3) is 2.60. The van der Waals surface area contributed by atoms with Crippen LogP contribution in [-0.2, 0) is 6.54 Å². The summed E-state index contributed by atoms with van der Waals surface area (Å²) in [5.74, 6) is 0. The van der Waals surface area contributed by atoms with Crippen molar-refractivity contribution in [1.29, 1.82) is 0 Å². The van der Waals surface area contributed by atoms with Gasteiger partial charge < -0.3 is 9.67 Å². The van der Waals surface area contributed by atoms with Crippen LogP contribution in [-0.4, -0.2) is 15.8 Å². The predicted molar refractivity (Wildman–Crippen MR) is 85.3 cm³/mol. The zero-order chi connectivity index (χ0) is 14.8. The number of aromatic nitrogens is 1. The maximum Gasteiger partial charge on any atom is 0.258 e. The van der Waals surface area contributed by atoms with E-state index in [9.17, 15) is 9.90 Å². The molecule has 0 spiro atoms.